The lowest BCUT2D eigenvalue weighted by atomic mass is 9.94. The molecule has 0 spiro atoms. The highest BCUT2D eigenvalue weighted by Gasteiger charge is 2.61. The molecule has 0 saturated carbocycles. The fourth-order valence-corrected chi connectivity index (χ4v) is 3.89. The van der Waals surface area contributed by atoms with Crippen LogP contribution in [0.1, 0.15) is 20.3 Å². The first-order valence-corrected chi connectivity index (χ1v) is 7.29. The molecule has 2 fully saturated rings. The lowest BCUT2D eigenvalue weighted by Gasteiger charge is -2.54. The summed E-state index contributed by atoms with van der Waals surface area (Å²) >= 11 is 1.18. The number of carboxylic acids is 1. The molecule has 1 amide bonds. The van der Waals surface area contributed by atoms with E-state index in [-0.39, 0.29) is 17.8 Å². The molecule has 21 heavy (non-hydrogen) atoms. The highest BCUT2D eigenvalue weighted by atomic mass is 32.2. The number of ether oxygens (including phenoxy) is 1. The van der Waals surface area contributed by atoms with Crippen molar-refractivity contribution in [2.75, 3.05) is 6.54 Å². The standard InChI is InChI=1S/C12H16N2O6S/c1-5(15)3-7(16)20-12(11(18)19)4-14-9(17)8(13)10(14)21-6(12)2/h6,8,10H,3-4,13H2,1-2H3,(H,18,19)/t6?,8?,10-,12?/m1/s1. The maximum atomic E-state index is 11.7. The molecule has 3 unspecified atom stereocenters. The smallest absolute Gasteiger partial charge is 0.351 e. The van der Waals surface area contributed by atoms with E-state index in [1.807, 2.05) is 0 Å². The van der Waals surface area contributed by atoms with Gasteiger partial charge in [0.25, 0.3) is 0 Å². The molecule has 0 aromatic heterocycles. The maximum Gasteiger partial charge on any atom is 0.351 e. The Labute approximate surface area is 125 Å². The highest BCUT2D eigenvalue weighted by Crippen LogP contribution is 2.44. The molecule has 8 nitrogen and oxygen atoms in total. The largest absolute Gasteiger partial charge is 0.478 e. The summed E-state index contributed by atoms with van der Waals surface area (Å²) in [5.74, 6) is -3.04. The van der Waals surface area contributed by atoms with Crippen molar-refractivity contribution in [1.82, 2.24) is 4.90 Å². The Morgan fingerprint density at radius 3 is 2.67 bits per heavy atom. The molecule has 2 saturated heterocycles. The van der Waals surface area contributed by atoms with Gasteiger partial charge in [-0.15, -0.1) is 11.8 Å². The number of carbonyl (C=O) groups excluding carboxylic acids is 3. The van der Waals surface area contributed by atoms with Crippen LogP contribution in [0.3, 0.4) is 0 Å². The molecule has 0 radical (unpaired) electrons. The molecule has 4 atom stereocenters. The Bertz CT molecular complexity index is 524. The van der Waals surface area contributed by atoms with Crippen molar-refractivity contribution in [2.45, 2.75) is 42.5 Å². The first-order valence-electron chi connectivity index (χ1n) is 6.35. The van der Waals surface area contributed by atoms with Crippen molar-refractivity contribution in [3.63, 3.8) is 0 Å². The Balaban J connectivity index is 2.21. The van der Waals surface area contributed by atoms with Crippen LogP contribution < -0.4 is 5.73 Å². The third kappa shape index (κ3) is 2.51. The summed E-state index contributed by atoms with van der Waals surface area (Å²) < 4.78 is 5.08. The normalized spacial score (nSPS) is 34.7. The van der Waals surface area contributed by atoms with E-state index in [0.29, 0.717) is 0 Å². The van der Waals surface area contributed by atoms with Gasteiger partial charge in [-0.1, -0.05) is 0 Å². The van der Waals surface area contributed by atoms with Crippen molar-refractivity contribution in [1.29, 1.82) is 0 Å². The Hall–Kier alpha value is -1.61. The van der Waals surface area contributed by atoms with Crippen LogP contribution in [0, 0.1) is 0 Å². The first kappa shape index (κ1) is 15.8. The molecule has 0 aliphatic carbocycles. The summed E-state index contributed by atoms with van der Waals surface area (Å²) in [6.07, 6.45) is -0.497. The van der Waals surface area contributed by atoms with E-state index < -0.39 is 41.0 Å². The molecular formula is C12H16N2O6S. The van der Waals surface area contributed by atoms with Gasteiger partial charge in [0.05, 0.1) is 11.8 Å². The van der Waals surface area contributed by atoms with Crippen LogP contribution in [0.2, 0.25) is 0 Å². The van der Waals surface area contributed by atoms with Crippen LogP contribution in [0.15, 0.2) is 0 Å². The summed E-state index contributed by atoms with van der Waals surface area (Å²) in [7, 11) is 0. The summed E-state index contributed by atoms with van der Waals surface area (Å²) in [5, 5.41) is 8.59. The molecule has 2 heterocycles. The predicted octanol–water partition coefficient (Wildman–Crippen LogP) is -1.04. The number of aliphatic carboxylic acids is 1. The number of rotatable bonds is 4. The third-order valence-electron chi connectivity index (χ3n) is 3.64. The number of β-lactam (4-membered cyclic amide) rings is 1. The number of nitrogens with two attached hydrogens (primary N) is 1. The van der Waals surface area contributed by atoms with Gasteiger partial charge in [0.15, 0.2) is 0 Å². The monoisotopic (exact) mass is 316 g/mol. The topological polar surface area (TPSA) is 127 Å². The second-order valence-corrected chi connectivity index (χ2v) is 6.67. The predicted molar refractivity (Wildman–Crippen MR) is 72.3 cm³/mol. The zero-order valence-electron chi connectivity index (χ0n) is 11.6. The molecular weight excluding hydrogens is 300 g/mol. The fraction of sp³-hybridized carbons (Fsp3) is 0.667. The number of nitrogens with zero attached hydrogens (tertiary/aromatic N) is 1. The summed E-state index contributed by atoms with van der Waals surface area (Å²) in [6, 6.07) is -0.655. The third-order valence-corrected chi connectivity index (χ3v) is 5.25. The van der Waals surface area contributed by atoms with Crippen molar-refractivity contribution in [2.24, 2.45) is 5.73 Å². The zero-order valence-corrected chi connectivity index (χ0v) is 12.4. The quantitative estimate of drug-likeness (QED) is 0.382. The van der Waals surface area contributed by atoms with Crippen molar-refractivity contribution in [3.05, 3.63) is 0 Å². The average Bonchev–Trinajstić information content (AvgIpc) is 2.38. The first-order chi connectivity index (χ1) is 9.69. The van der Waals surface area contributed by atoms with Crippen molar-refractivity contribution >= 4 is 35.4 Å². The molecule has 0 aromatic carbocycles. The summed E-state index contributed by atoms with van der Waals surface area (Å²) in [4.78, 5) is 47.2. The van der Waals surface area contributed by atoms with E-state index in [2.05, 4.69) is 0 Å². The number of fused-ring (bicyclic) bond motifs is 1. The number of esters is 1. The number of hydrogen-bond donors (Lipinski definition) is 2. The van der Waals surface area contributed by atoms with Gasteiger partial charge < -0.3 is 20.5 Å². The van der Waals surface area contributed by atoms with E-state index >= 15 is 0 Å². The van der Waals surface area contributed by atoms with E-state index in [9.17, 15) is 24.3 Å². The zero-order chi connectivity index (χ0) is 15.9. The maximum absolute atomic E-state index is 11.7. The van der Waals surface area contributed by atoms with Crippen molar-refractivity contribution < 1.29 is 29.0 Å². The van der Waals surface area contributed by atoms with Gasteiger partial charge in [-0.3, -0.25) is 14.4 Å². The van der Waals surface area contributed by atoms with Gasteiger partial charge in [-0.05, 0) is 13.8 Å². The number of carboxylic acid groups (broad SMARTS) is 1. The molecule has 2 rings (SSSR count). The minimum atomic E-state index is -1.86. The average molecular weight is 316 g/mol. The Morgan fingerprint density at radius 1 is 1.52 bits per heavy atom. The molecule has 2 aliphatic heterocycles. The number of amides is 1. The van der Waals surface area contributed by atoms with E-state index in [1.54, 1.807) is 6.92 Å². The SMILES string of the molecule is CC(=O)CC(=O)OC1(C(=O)O)CN2C(=O)C(N)[C@H]2SC1C. The number of thioether (sulfide) groups is 1. The van der Waals surface area contributed by atoms with Gasteiger partial charge in [0.2, 0.25) is 11.5 Å². The molecule has 3 N–H and O–H groups in total. The lowest BCUT2D eigenvalue weighted by molar-refractivity contribution is -0.186. The molecule has 0 aromatic rings. The highest BCUT2D eigenvalue weighted by molar-refractivity contribution is 8.00. The second-order valence-electron chi connectivity index (χ2n) is 5.21. The minimum absolute atomic E-state index is 0.253. The number of hydrogen-bond acceptors (Lipinski definition) is 7. The second kappa shape index (κ2) is 5.30. The van der Waals surface area contributed by atoms with E-state index in [4.69, 9.17) is 10.5 Å². The molecule has 0 bridgehead atoms. The van der Waals surface area contributed by atoms with E-state index in [1.165, 1.54) is 23.6 Å². The fourth-order valence-electron chi connectivity index (χ4n) is 2.42. The number of carbonyl (C=O) groups is 4. The van der Waals surface area contributed by atoms with Crippen LogP contribution in [-0.4, -0.2) is 62.4 Å². The lowest BCUT2D eigenvalue weighted by Crippen LogP contribution is -2.75. The molecule has 9 heteroatoms. The van der Waals surface area contributed by atoms with Gasteiger partial charge in [0, 0.05) is 0 Å². The Kier molecular flexibility index (Phi) is 3.98. The summed E-state index contributed by atoms with van der Waals surface area (Å²) in [6.45, 7) is 2.56. The number of Topliss-reactive ketones (excluding diaryl/α,β-unsaturated/α-hetero) is 1. The van der Waals surface area contributed by atoms with Gasteiger partial charge in [0.1, 0.15) is 23.6 Å². The van der Waals surface area contributed by atoms with Crippen LogP contribution in [-0.2, 0) is 23.9 Å². The van der Waals surface area contributed by atoms with Crippen LogP contribution in [0.25, 0.3) is 0 Å². The van der Waals surface area contributed by atoms with Crippen molar-refractivity contribution in [3.8, 4) is 0 Å². The van der Waals surface area contributed by atoms with E-state index in [0.717, 1.165) is 0 Å². The minimum Gasteiger partial charge on any atom is -0.478 e. The van der Waals surface area contributed by atoms with Crippen LogP contribution in [0.4, 0.5) is 0 Å². The Morgan fingerprint density at radius 2 is 2.14 bits per heavy atom. The van der Waals surface area contributed by atoms with Gasteiger partial charge in [-0.25, -0.2) is 4.79 Å². The molecule has 116 valence electrons. The number of ketones is 1. The molecule has 2 aliphatic rings. The van der Waals surface area contributed by atoms with Gasteiger partial charge in [-0.2, -0.15) is 0 Å². The van der Waals surface area contributed by atoms with Crippen LogP contribution >= 0.6 is 11.8 Å². The van der Waals surface area contributed by atoms with Crippen LogP contribution in [0.5, 0.6) is 0 Å². The van der Waals surface area contributed by atoms with Gasteiger partial charge >= 0.3 is 11.9 Å². The summed E-state index contributed by atoms with van der Waals surface area (Å²) in [5.41, 5.74) is 3.80.